The van der Waals surface area contributed by atoms with E-state index in [-0.39, 0.29) is 0 Å². The van der Waals surface area contributed by atoms with Crippen LogP contribution in [0.4, 0.5) is 0 Å². The largest absolute Gasteiger partial charge is 0.330 e. The first kappa shape index (κ1) is 12.2. The Kier molecular flexibility index (Phi) is 3.40. The van der Waals surface area contributed by atoms with Gasteiger partial charge in [-0.2, -0.15) is 0 Å². The van der Waals surface area contributed by atoms with Crippen molar-refractivity contribution in [2.24, 2.45) is 11.7 Å². The van der Waals surface area contributed by atoms with Crippen LogP contribution in [0.15, 0.2) is 18.2 Å². The second-order valence-electron chi connectivity index (χ2n) is 5.97. The van der Waals surface area contributed by atoms with Crippen LogP contribution in [0, 0.1) is 12.8 Å². The third kappa shape index (κ3) is 2.19. The van der Waals surface area contributed by atoms with Gasteiger partial charge in [-0.3, -0.25) is 4.90 Å². The van der Waals surface area contributed by atoms with E-state index in [0.717, 1.165) is 12.5 Å². The molecule has 1 aliphatic heterocycles. The van der Waals surface area contributed by atoms with Gasteiger partial charge in [0.25, 0.3) is 0 Å². The number of hydrogen-bond acceptors (Lipinski definition) is 2. The van der Waals surface area contributed by atoms with E-state index in [1.807, 2.05) is 0 Å². The van der Waals surface area contributed by atoms with Crippen LogP contribution in [0.1, 0.15) is 42.0 Å². The highest BCUT2D eigenvalue weighted by molar-refractivity contribution is 5.37. The van der Waals surface area contributed by atoms with Gasteiger partial charge >= 0.3 is 0 Å². The summed E-state index contributed by atoms with van der Waals surface area (Å²) >= 11 is 0. The zero-order chi connectivity index (χ0) is 12.5. The number of rotatable bonds is 2. The first-order valence-electron chi connectivity index (χ1n) is 7.31. The van der Waals surface area contributed by atoms with Crippen molar-refractivity contribution in [2.45, 2.75) is 38.6 Å². The summed E-state index contributed by atoms with van der Waals surface area (Å²) in [5.41, 5.74) is 10.4. The quantitative estimate of drug-likeness (QED) is 0.866. The molecule has 0 aromatic heterocycles. The second kappa shape index (κ2) is 5.02. The molecule has 2 nitrogen and oxygen atoms in total. The lowest BCUT2D eigenvalue weighted by molar-refractivity contribution is 0.134. The molecule has 3 rings (SSSR count). The lowest BCUT2D eigenvalue weighted by atomic mass is 9.94. The lowest BCUT2D eigenvalue weighted by Gasteiger charge is -2.36. The topological polar surface area (TPSA) is 29.3 Å². The van der Waals surface area contributed by atoms with E-state index in [9.17, 15) is 0 Å². The molecule has 2 N–H and O–H groups in total. The summed E-state index contributed by atoms with van der Waals surface area (Å²) in [7, 11) is 0. The summed E-state index contributed by atoms with van der Waals surface area (Å²) < 4.78 is 0. The fourth-order valence-corrected chi connectivity index (χ4v) is 3.58. The lowest BCUT2D eigenvalue weighted by Crippen LogP contribution is -2.37. The molecule has 0 spiro atoms. The Morgan fingerprint density at radius 1 is 1.22 bits per heavy atom. The maximum Gasteiger partial charge on any atom is 0.0354 e. The highest BCUT2D eigenvalue weighted by Gasteiger charge is 2.30. The maximum atomic E-state index is 5.78. The van der Waals surface area contributed by atoms with Crippen molar-refractivity contribution in [2.75, 3.05) is 19.6 Å². The highest BCUT2D eigenvalue weighted by Crippen LogP contribution is 2.38. The van der Waals surface area contributed by atoms with Crippen LogP contribution in [0.5, 0.6) is 0 Å². The summed E-state index contributed by atoms with van der Waals surface area (Å²) in [5.74, 6) is 0.764. The molecule has 0 radical (unpaired) electrons. The third-order valence-electron chi connectivity index (χ3n) is 4.77. The summed E-state index contributed by atoms with van der Waals surface area (Å²) in [6.07, 6.45) is 5.14. The molecule has 1 aliphatic carbocycles. The molecule has 1 atom stereocenters. The van der Waals surface area contributed by atoms with E-state index in [0.29, 0.717) is 6.04 Å². The van der Waals surface area contributed by atoms with Crippen molar-refractivity contribution >= 4 is 0 Å². The smallest absolute Gasteiger partial charge is 0.0354 e. The molecule has 1 aromatic rings. The normalized spacial score (nSPS) is 25.3. The molecule has 2 aliphatic rings. The summed E-state index contributed by atoms with van der Waals surface area (Å²) in [6.45, 7) is 5.55. The SMILES string of the molecule is Cc1ccc2c(c1)C(N1CCC(CN)CC1)CC2. The zero-order valence-electron chi connectivity index (χ0n) is 11.4. The summed E-state index contributed by atoms with van der Waals surface area (Å²) in [4.78, 5) is 2.69. The number of aryl methyl sites for hydroxylation is 2. The number of piperidine rings is 1. The molecular formula is C16H24N2. The second-order valence-corrected chi connectivity index (χ2v) is 5.97. The van der Waals surface area contributed by atoms with Gasteiger partial charge in [-0.05, 0) is 69.3 Å². The van der Waals surface area contributed by atoms with Crippen LogP contribution in [0.3, 0.4) is 0 Å². The molecular weight excluding hydrogens is 220 g/mol. The average molecular weight is 244 g/mol. The fraction of sp³-hybridized carbons (Fsp3) is 0.625. The Hall–Kier alpha value is -0.860. The Morgan fingerprint density at radius 2 is 2.00 bits per heavy atom. The molecule has 1 unspecified atom stereocenters. The Bertz CT molecular complexity index is 419. The van der Waals surface area contributed by atoms with Gasteiger partial charge < -0.3 is 5.73 Å². The first-order chi connectivity index (χ1) is 8.78. The van der Waals surface area contributed by atoms with E-state index in [2.05, 4.69) is 30.0 Å². The minimum absolute atomic E-state index is 0.679. The van der Waals surface area contributed by atoms with Crippen molar-refractivity contribution < 1.29 is 0 Å². The van der Waals surface area contributed by atoms with E-state index in [4.69, 9.17) is 5.73 Å². The van der Waals surface area contributed by atoms with Crippen LogP contribution in [-0.2, 0) is 6.42 Å². The molecule has 1 fully saturated rings. The number of likely N-dealkylation sites (tertiary alicyclic amines) is 1. The minimum Gasteiger partial charge on any atom is -0.330 e. The molecule has 1 saturated heterocycles. The molecule has 2 heteroatoms. The number of benzene rings is 1. The summed E-state index contributed by atoms with van der Waals surface area (Å²) in [6, 6.07) is 7.67. The molecule has 0 amide bonds. The monoisotopic (exact) mass is 244 g/mol. The van der Waals surface area contributed by atoms with E-state index in [1.165, 1.54) is 44.3 Å². The molecule has 0 saturated carbocycles. The van der Waals surface area contributed by atoms with Gasteiger partial charge in [0.2, 0.25) is 0 Å². The molecule has 1 aromatic carbocycles. The van der Waals surface area contributed by atoms with Crippen molar-refractivity contribution in [3.05, 3.63) is 34.9 Å². The van der Waals surface area contributed by atoms with Crippen LogP contribution in [0.2, 0.25) is 0 Å². The predicted octanol–water partition coefficient (Wildman–Crippen LogP) is 2.65. The first-order valence-corrected chi connectivity index (χ1v) is 7.31. The number of hydrogen-bond donors (Lipinski definition) is 1. The van der Waals surface area contributed by atoms with Gasteiger partial charge in [0.05, 0.1) is 0 Å². The standard InChI is InChI=1S/C16H24N2/c1-12-2-3-14-4-5-16(15(14)10-12)18-8-6-13(11-17)7-9-18/h2-3,10,13,16H,4-9,11,17H2,1H3. The molecule has 98 valence electrons. The van der Waals surface area contributed by atoms with Crippen molar-refractivity contribution in [1.29, 1.82) is 0 Å². The van der Waals surface area contributed by atoms with Crippen LogP contribution < -0.4 is 5.73 Å². The van der Waals surface area contributed by atoms with Crippen LogP contribution >= 0.6 is 0 Å². The van der Waals surface area contributed by atoms with Gasteiger partial charge in [0, 0.05) is 6.04 Å². The predicted molar refractivity (Wildman–Crippen MR) is 75.6 cm³/mol. The van der Waals surface area contributed by atoms with Crippen molar-refractivity contribution in [1.82, 2.24) is 4.90 Å². The minimum atomic E-state index is 0.679. The maximum absolute atomic E-state index is 5.78. The van der Waals surface area contributed by atoms with E-state index < -0.39 is 0 Å². The Morgan fingerprint density at radius 3 is 2.72 bits per heavy atom. The van der Waals surface area contributed by atoms with Gasteiger partial charge in [0.1, 0.15) is 0 Å². The van der Waals surface area contributed by atoms with Crippen molar-refractivity contribution in [3.8, 4) is 0 Å². The zero-order valence-corrected chi connectivity index (χ0v) is 11.4. The van der Waals surface area contributed by atoms with E-state index >= 15 is 0 Å². The van der Waals surface area contributed by atoms with Crippen LogP contribution in [0.25, 0.3) is 0 Å². The highest BCUT2D eigenvalue weighted by atomic mass is 15.2. The molecule has 0 bridgehead atoms. The van der Waals surface area contributed by atoms with E-state index in [1.54, 1.807) is 11.1 Å². The fourth-order valence-electron chi connectivity index (χ4n) is 3.58. The molecule has 1 heterocycles. The molecule has 18 heavy (non-hydrogen) atoms. The average Bonchev–Trinajstić information content (AvgIpc) is 2.82. The summed E-state index contributed by atoms with van der Waals surface area (Å²) in [5, 5.41) is 0. The number of nitrogens with zero attached hydrogens (tertiary/aromatic N) is 1. The van der Waals surface area contributed by atoms with Crippen LogP contribution in [-0.4, -0.2) is 24.5 Å². The van der Waals surface area contributed by atoms with Crippen molar-refractivity contribution in [3.63, 3.8) is 0 Å². The number of fused-ring (bicyclic) bond motifs is 1. The van der Waals surface area contributed by atoms with Gasteiger partial charge in [0.15, 0.2) is 0 Å². The van der Waals surface area contributed by atoms with Gasteiger partial charge in [-0.15, -0.1) is 0 Å². The van der Waals surface area contributed by atoms with Gasteiger partial charge in [-0.25, -0.2) is 0 Å². The third-order valence-corrected chi connectivity index (χ3v) is 4.77. The van der Waals surface area contributed by atoms with Gasteiger partial charge in [-0.1, -0.05) is 23.8 Å². The number of nitrogens with two attached hydrogens (primary N) is 1. The Balaban J connectivity index is 1.74. The Labute approximate surface area is 110 Å².